The fraction of sp³-hybridized carbons (Fsp3) is 0.500. The number of imide groups is 1. The van der Waals surface area contributed by atoms with Gasteiger partial charge < -0.3 is 4.74 Å². The number of nitrogens with zero attached hydrogens (tertiary/aromatic N) is 1. The first kappa shape index (κ1) is 14.6. The van der Waals surface area contributed by atoms with Gasteiger partial charge in [-0.2, -0.15) is 0 Å². The summed E-state index contributed by atoms with van der Waals surface area (Å²) in [6.07, 6.45) is 1.94. The predicted octanol–water partition coefficient (Wildman–Crippen LogP) is 2.41. The third-order valence-electron chi connectivity index (χ3n) is 3.54. The number of carbonyl (C=O) groups is 2. The Labute approximate surface area is 119 Å². The van der Waals surface area contributed by atoms with Crippen molar-refractivity contribution >= 4 is 11.8 Å². The highest BCUT2D eigenvalue weighted by atomic mass is 16.5. The zero-order valence-corrected chi connectivity index (χ0v) is 12.3. The molecule has 4 heteroatoms. The van der Waals surface area contributed by atoms with E-state index in [1.807, 2.05) is 38.1 Å². The van der Waals surface area contributed by atoms with Crippen LogP contribution in [0.15, 0.2) is 24.3 Å². The summed E-state index contributed by atoms with van der Waals surface area (Å²) in [5.41, 5.74) is 1.10. The van der Waals surface area contributed by atoms with Gasteiger partial charge in [-0.1, -0.05) is 12.1 Å². The number of benzene rings is 1. The van der Waals surface area contributed by atoms with Crippen molar-refractivity contribution in [1.82, 2.24) is 4.90 Å². The van der Waals surface area contributed by atoms with Crippen molar-refractivity contribution in [2.75, 3.05) is 7.05 Å². The molecule has 0 aromatic heterocycles. The molecule has 2 rings (SSSR count). The van der Waals surface area contributed by atoms with E-state index >= 15 is 0 Å². The molecule has 0 bridgehead atoms. The molecule has 108 valence electrons. The smallest absolute Gasteiger partial charge is 0.232 e. The van der Waals surface area contributed by atoms with Crippen LogP contribution >= 0.6 is 0 Å². The van der Waals surface area contributed by atoms with E-state index in [1.165, 1.54) is 4.90 Å². The molecule has 0 aliphatic carbocycles. The fourth-order valence-corrected chi connectivity index (χ4v) is 2.44. The third-order valence-corrected chi connectivity index (χ3v) is 3.54. The second-order valence-electron chi connectivity index (χ2n) is 5.54. The van der Waals surface area contributed by atoms with Gasteiger partial charge in [-0.25, -0.2) is 0 Å². The van der Waals surface area contributed by atoms with Crippen LogP contribution in [0.25, 0.3) is 0 Å². The highest BCUT2D eigenvalue weighted by molar-refractivity contribution is 5.98. The van der Waals surface area contributed by atoms with E-state index in [0.29, 0.717) is 19.3 Å². The minimum atomic E-state index is -0.0884. The van der Waals surface area contributed by atoms with Gasteiger partial charge in [0.25, 0.3) is 0 Å². The topological polar surface area (TPSA) is 46.6 Å². The Bertz CT molecular complexity index is 493. The maximum atomic E-state index is 12.0. The van der Waals surface area contributed by atoms with Crippen molar-refractivity contribution in [1.29, 1.82) is 0 Å². The van der Waals surface area contributed by atoms with Crippen LogP contribution in [-0.4, -0.2) is 29.9 Å². The highest BCUT2D eigenvalue weighted by Gasteiger charge is 2.31. The van der Waals surface area contributed by atoms with Crippen LogP contribution in [0.2, 0.25) is 0 Å². The summed E-state index contributed by atoms with van der Waals surface area (Å²) in [5.74, 6) is 0.608. The van der Waals surface area contributed by atoms with Crippen LogP contribution in [0.4, 0.5) is 0 Å². The Morgan fingerprint density at radius 3 is 2.50 bits per heavy atom. The zero-order valence-electron chi connectivity index (χ0n) is 12.3. The normalized spacial score (nSPS) is 19.6. The molecule has 1 fully saturated rings. The SMILES string of the molecule is CC(C)Oc1ccc(C[C@H]2CCC(=O)N(C)C2=O)cc1. The van der Waals surface area contributed by atoms with Gasteiger partial charge in [0.05, 0.1) is 6.10 Å². The second kappa shape index (κ2) is 6.07. The number of amides is 2. The number of ether oxygens (including phenoxy) is 1. The predicted molar refractivity (Wildman–Crippen MR) is 76.4 cm³/mol. The van der Waals surface area contributed by atoms with Crippen molar-refractivity contribution in [3.8, 4) is 5.75 Å². The fourth-order valence-electron chi connectivity index (χ4n) is 2.44. The molecule has 1 aromatic carbocycles. The summed E-state index contributed by atoms with van der Waals surface area (Å²) in [4.78, 5) is 24.7. The van der Waals surface area contributed by atoms with Gasteiger partial charge in [0.1, 0.15) is 5.75 Å². The van der Waals surface area contributed by atoms with Gasteiger partial charge >= 0.3 is 0 Å². The van der Waals surface area contributed by atoms with Gasteiger partial charge in [0, 0.05) is 19.4 Å². The minimum absolute atomic E-state index is 0.0660. The lowest BCUT2D eigenvalue weighted by atomic mass is 9.90. The molecule has 1 heterocycles. The first-order chi connectivity index (χ1) is 9.47. The molecule has 1 aliphatic rings. The quantitative estimate of drug-likeness (QED) is 0.793. The average Bonchev–Trinajstić information content (AvgIpc) is 2.41. The molecule has 20 heavy (non-hydrogen) atoms. The van der Waals surface area contributed by atoms with E-state index < -0.39 is 0 Å². The molecule has 0 N–H and O–H groups in total. The summed E-state index contributed by atoms with van der Waals surface area (Å²) in [6, 6.07) is 7.83. The van der Waals surface area contributed by atoms with E-state index in [2.05, 4.69) is 0 Å². The number of likely N-dealkylation sites (tertiary alicyclic amines) is 1. The maximum Gasteiger partial charge on any atom is 0.232 e. The minimum Gasteiger partial charge on any atom is -0.491 e. The first-order valence-electron chi connectivity index (χ1n) is 7.03. The van der Waals surface area contributed by atoms with Crippen LogP contribution in [0.1, 0.15) is 32.3 Å². The maximum absolute atomic E-state index is 12.0. The molecule has 1 atom stereocenters. The van der Waals surface area contributed by atoms with Crippen LogP contribution in [0.3, 0.4) is 0 Å². The lowest BCUT2D eigenvalue weighted by molar-refractivity contribution is -0.149. The van der Waals surface area contributed by atoms with E-state index in [0.717, 1.165) is 11.3 Å². The molecule has 1 saturated heterocycles. The van der Waals surface area contributed by atoms with Gasteiger partial charge in [-0.05, 0) is 44.4 Å². The summed E-state index contributed by atoms with van der Waals surface area (Å²) in [6.45, 7) is 3.98. The summed E-state index contributed by atoms with van der Waals surface area (Å²) in [5, 5.41) is 0. The molecule has 0 saturated carbocycles. The molecule has 2 amide bonds. The van der Waals surface area contributed by atoms with E-state index in [1.54, 1.807) is 7.05 Å². The van der Waals surface area contributed by atoms with Crippen LogP contribution in [0.5, 0.6) is 5.75 Å². The van der Waals surface area contributed by atoms with Crippen molar-refractivity contribution in [2.24, 2.45) is 5.92 Å². The number of piperidine rings is 1. The molecule has 0 spiro atoms. The van der Waals surface area contributed by atoms with Crippen molar-refractivity contribution in [3.63, 3.8) is 0 Å². The number of rotatable bonds is 4. The lowest BCUT2D eigenvalue weighted by Gasteiger charge is -2.27. The van der Waals surface area contributed by atoms with E-state index in [4.69, 9.17) is 4.74 Å². The molecule has 4 nitrogen and oxygen atoms in total. The summed E-state index contributed by atoms with van der Waals surface area (Å²) in [7, 11) is 1.57. The standard InChI is InChI=1S/C16H21NO3/c1-11(2)20-14-7-4-12(5-8-14)10-13-6-9-15(18)17(3)16(13)19/h4-5,7-8,11,13H,6,9-10H2,1-3H3/t13-/m1/s1. The van der Waals surface area contributed by atoms with E-state index in [-0.39, 0.29) is 23.8 Å². The van der Waals surface area contributed by atoms with Gasteiger partial charge in [-0.15, -0.1) is 0 Å². The van der Waals surface area contributed by atoms with Gasteiger partial charge in [0.2, 0.25) is 11.8 Å². The van der Waals surface area contributed by atoms with Gasteiger partial charge in [-0.3, -0.25) is 14.5 Å². The zero-order chi connectivity index (χ0) is 14.7. The van der Waals surface area contributed by atoms with Crippen LogP contribution < -0.4 is 4.74 Å². The molecule has 0 radical (unpaired) electrons. The number of hydrogen-bond donors (Lipinski definition) is 0. The van der Waals surface area contributed by atoms with E-state index in [9.17, 15) is 9.59 Å². The molecule has 1 aliphatic heterocycles. The lowest BCUT2D eigenvalue weighted by Crippen LogP contribution is -2.43. The second-order valence-corrected chi connectivity index (χ2v) is 5.54. The molecule has 0 unspecified atom stereocenters. The highest BCUT2D eigenvalue weighted by Crippen LogP contribution is 2.23. The van der Waals surface area contributed by atoms with Crippen molar-refractivity contribution in [2.45, 2.75) is 39.2 Å². The Morgan fingerprint density at radius 2 is 1.90 bits per heavy atom. The average molecular weight is 275 g/mol. The molecule has 1 aromatic rings. The summed E-state index contributed by atoms with van der Waals surface area (Å²) < 4.78 is 5.59. The monoisotopic (exact) mass is 275 g/mol. The number of hydrogen-bond acceptors (Lipinski definition) is 3. The summed E-state index contributed by atoms with van der Waals surface area (Å²) >= 11 is 0. The Balaban J connectivity index is 1.99. The third kappa shape index (κ3) is 3.38. The molecular weight excluding hydrogens is 254 g/mol. The van der Waals surface area contributed by atoms with Gasteiger partial charge in [0.15, 0.2) is 0 Å². The van der Waals surface area contributed by atoms with Crippen LogP contribution in [0, 0.1) is 5.92 Å². The Kier molecular flexibility index (Phi) is 4.42. The molecular formula is C16H21NO3. The van der Waals surface area contributed by atoms with Crippen molar-refractivity contribution in [3.05, 3.63) is 29.8 Å². The Morgan fingerprint density at radius 1 is 1.25 bits per heavy atom. The van der Waals surface area contributed by atoms with Crippen LogP contribution in [-0.2, 0) is 16.0 Å². The number of carbonyl (C=O) groups excluding carboxylic acids is 2. The Hall–Kier alpha value is -1.84. The largest absolute Gasteiger partial charge is 0.491 e. The first-order valence-corrected chi connectivity index (χ1v) is 7.03. The van der Waals surface area contributed by atoms with Crippen molar-refractivity contribution < 1.29 is 14.3 Å².